The van der Waals surface area contributed by atoms with Gasteiger partial charge in [-0.15, -0.1) is 0 Å². The van der Waals surface area contributed by atoms with Crippen molar-refractivity contribution in [2.45, 2.75) is 20.3 Å². The van der Waals surface area contributed by atoms with Crippen molar-refractivity contribution in [2.75, 3.05) is 16.8 Å². The van der Waals surface area contributed by atoms with Crippen molar-refractivity contribution < 1.29 is 4.79 Å². The molecule has 0 fully saturated rings. The second kappa shape index (κ2) is 7.09. The quantitative estimate of drug-likeness (QED) is 0.803. The number of rotatable bonds is 6. The number of nitrogens with zero attached hydrogens (tertiary/aromatic N) is 2. The summed E-state index contributed by atoms with van der Waals surface area (Å²) >= 11 is 1.76. The highest BCUT2D eigenvalue weighted by molar-refractivity contribution is 7.99. The van der Waals surface area contributed by atoms with E-state index in [0.29, 0.717) is 12.2 Å². The smallest absolute Gasteiger partial charge is 0.226 e. The normalized spacial score (nSPS) is 10.5. The molecular weight excluding hydrogens is 272 g/mol. The number of anilines is 1. The summed E-state index contributed by atoms with van der Waals surface area (Å²) in [6.45, 7) is 4.02. The second-order valence-corrected chi connectivity index (χ2v) is 5.70. The molecule has 0 unspecified atom stereocenters. The molecule has 0 saturated heterocycles. The van der Waals surface area contributed by atoms with E-state index in [1.165, 1.54) is 0 Å². The Kier molecular flexibility index (Phi) is 5.17. The standard InChI is InChI=1S/C14H18N4OS/c1-3-20-9-6-12(19)16-14-10(2)13(17-18-14)11-4-7-15-8-5-11/h4-5,7-8H,3,6,9H2,1-2H3,(H2,16,17,18,19). The van der Waals surface area contributed by atoms with E-state index in [9.17, 15) is 4.79 Å². The molecule has 0 aromatic carbocycles. The SMILES string of the molecule is CCSCCC(=O)Nc1n[nH]c(-c2ccncc2)c1C. The lowest BCUT2D eigenvalue weighted by Gasteiger charge is -2.03. The van der Waals surface area contributed by atoms with E-state index in [1.54, 1.807) is 24.2 Å². The largest absolute Gasteiger partial charge is 0.309 e. The Morgan fingerprint density at radius 2 is 2.15 bits per heavy atom. The van der Waals surface area contributed by atoms with Crippen molar-refractivity contribution in [3.63, 3.8) is 0 Å². The van der Waals surface area contributed by atoms with E-state index in [0.717, 1.165) is 28.3 Å². The fraction of sp³-hybridized carbons (Fsp3) is 0.357. The van der Waals surface area contributed by atoms with Gasteiger partial charge < -0.3 is 5.32 Å². The number of aromatic amines is 1. The van der Waals surface area contributed by atoms with Crippen molar-refractivity contribution in [1.82, 2.24) is 15.2 Å². The van der Waals surface area contributed by atoms with Crippen molar-refractivity contribution in [1.29, 1.82) is 0 Å². The molecule has 6 heteroatoms. The van der Waals surface area contributed by atoms with Gasteiger partial charge in [0.2, 0.25) is 5.91 Å². The number of pyridine rings is 1. The monoisotopic (exact) mass is 290 g/mol. The van der Waals surface area contributed by atoms with Crippen LogP contribution in [0.3, 0.4) is 0 Å². The molecule has 2 rings (SSSR count). The van der Waals surface area contributed by atoms with Crippen LogP contribution in [0.1, 0.15) is 18.9 Å². The minimum atomic E-state index is 0.00169. The van der Waals surface area contributed by atoms with E-state index in [4.69, 9.17) is 0 Å². The summed E-state index contributed by atoms with van der Waals surface area (Å²) in [5.41, 5.74) is 2.85. The third kappa shape index (κ3) is 3.60. The highest BCUT2D eigenvalue weighted by Crippen LogP contribution is 2.25. The predicted octanol–water partition coefficient (Wildman–Crippen LogP) is 2.86. The molecule has 0 spiro atoms. The fourth-order valence-corrected chi connectivity index (χ4v) is 2.44. The van der Waals surface area contributed by atoms with Gasteiger partial charge in [-0.05, 0) is 24.8 Å². The number of hydrogen-bond donors (Lipinski definition) is 2. The van der Waals surface area contributed by atoms with Crippen LogP contribution in [0.5, 0.6) is 0 Å². The van der Waals surface area contributed by atoms with Crippen molar-refractivity contribution in [3.8, 4) is 11.3 Å². The molecule has 2 heterocycles. The van der Waals surface area contributed by atoms with Crippen LogP contribution in [-0.2, 0) is 4.79 Å². The lowest BCUT2D eigenvalue weighted by atomic mass is 10.1. The summed E-state index contributed by atoms with van der Waals surface area (Å²) in [5.74, 6) is 2.47. The zero-order valence-corrected chi connectivity index (χ0v) is 12.5. The summed E-state index contributed by atoms with van der Waals surface area (Å²) in [6, 6.07) is 3.81. The molecular formula is C14H18N4OS. The third-order valence-corrected chi connectivity index (χ3v) is 3.82. The summed E-state index contributed by atoms with van der Waals surface area (Å²) < 4.78 is 0. The first-order valence-corrected chi connectivity index (χ1v) is 7.70. The minimum Gasteiger partial charge on any atom is -0.309 e. The number of thioether (sulfide) groups is 1. The van der Waals surface area contributed by atoms with Gasteiger partial charge in [-0.1, -0.05) is 6.92 Å². The van der Waals surface area contributed by atoms with Crippen LogP contribution >= 0.6 is 11.8 Å². The summed E-state index contributed by atoms with van der Waals surface area (Å²) in [7, 11) is 0. The Bertz CT molecular complexity index is 568. The lowest BCUT2D eigenvalue weighted by molar-refractivity contribution is -0.115. The zero-order valence-electron chi connectivity index (χ0n) is 11.6. The van der Waals surface area contributed by atoms with E-state index >= 15 is 0 Å². The van der Waals surface area contributed by atoms with Crippen LogP contribution in [0.25, 0.3) is 11.3 Å². The van der Waals surface area contributed by atoms with Crippen LogP contribution in [-0.4, -0.2) is 32.6 Å². The highest BCUT2D eigenvalue weighted by Gasteiger charge is 2.12. The first kappa shape index (κ1) is 14.6. The molecule has 2 N–H and O–H groups in total. The van der Waals surface area contributed by atoms with Gasteiger partial charge in [-0.25, -0.2) is 0 Å². The predicted molar refractivity (Wildman–Crippen MR) is 82.8 cm³/mol. The molecule has 0 bridgehead atoms. The Morgan fingerprint density at radius 3 is 2.85 bits per heavy atom. The van der Waals surface area contributed by atoms with Gasteiger partial charge in [0.15, 0.2) is 5.82 Å². The van der Waals surface area contributed by atoms with Crippen molar-refractivity contribution in [2.24, 2.45) is 0 Å². The summed E-state index contributed by atoms with van der Waals surface area (Å²) in [4.78, 5) is 15.8. The molecule has 0 aliphatic carbocycles. The van der Waals surface area contributed by atoms with Crippen LogP contribution in [0.2, 0.25) is 0 Å². The molecule has 20 heavy (non-hydrogen) atoms. The maximum absolute atomic E-state index is 11.8. The number of amides is 1. The van der Waals surface area contributed by atoms with Crippen molar-refractivity contribution >= 4 is 23.5 Å². The molecule has 0 saturated carbocycles. The maximum Gasteiger partial charge on any atom is 0.226 e. The molecule has 5 nitrogen and oxygen atoms in total. The molecule has 0 aliphatic rings. The van der Waals surface area contributed by atoms with Gasteiger partial charge in [0.05, 0.1) is 5.69 Å². The number of aromatic nitrogens is 3. The third-order valence-electron chi connectivity index (χ3n) is 2.91. The molecule has 2 aromatic heterocycles. The number of nitrogens with one attached hydrogen (secondary N) is 2. The zero-order chi connectivity index (χ0) is 14.4. The Morgan fingerprint density at radius 1 is 1.40 bits per heavy atom. The Hall–Kier alpha value is -1.82. The molecule has 0 atom stereocenters. The van der Waals surface area contributed by atoms with Gasteiger partial charge in [0, 0.05) is 35.7 Å². The Balaban J connectivity index is 2.04. The van der Waals surface area contributed by atoms with E-state index in [2.05, 4.69) is 27.4 Å². The number of H-pyrrole nitrogens is 1. The van der Waals surface area contributed by atoms with Crippen LogP contribution < -0.4 is 5.32 Å². The van der Waals surface area contributed by atoms with Gasteiger partial charge in [-0.2, -0.15) is 16.9 Å². The van der Waals surface area contributed by atoms with Crippen LogP contribution in [0.15, 0.2) is 24.5 Å². The number of hydrogen-bond acceptors (Lipinski definition) is 4. The van der Waals surface area contributed by atoms with Crippen molar-refractivity contribution in [3.05, 3.63) is 30.1 Å². The molecule has 1 amide bonds. The van der Waals surface area contributed by atoms with Crippen LogP contribution in [0, 0.1) is 6.92 Å². The van der Waals surface area contributed by atoms with Gasteiger partial charge >= 0.3 is 0 Å². The van der Waals surface area contributed by atoms with Gasteiger partial charge in [0.1, 0.15) is 0 Å². The number of carbonyl (C=O) groups is 1. The van der Waals surface area contributed by atoms with E-state index in [1.807, 2.05) is 19.1 Å². The maximum atomic E-state index is 11.8. The van der Waals surface area contributed by atoms with Gasteiger partial charge in [-0.3, -0.25) is 14.9 Å². The average Bonchev–Trinajstić information content (AvgIpc) is 2.81. The molecule has 106 valence electrons. The minimum absolute atomic E-state index is 0.00169. The second-order valence-electron chi connectivity index (χ2n) is 4.30. The summed E-state index contributed by atoms with van der Waals surface area (Å²) in [6.07, 6.45) is 3.97. The van der Waals surface area contributed by atoms with Gasteiger partial charge in [0.25, 0.3) is 0 Å². The average molecular weight is 290 g/mol. The number of carbonyl (C=O) groups excluding carboxylic acids is 1. The summed E-state index contributed by atoms with van der Waals surface area (Å²) in [5, 5.41) is 9.99. The first-order chi connectivity index (χ1) is 9.72. The molecule has 0 aliphatic heterocycles. The Labute approximate surface area is 122 Å². The highest BCUT2D eigenvalue weighted by atomic mass is 32.2. The lowest BCUT2D eigenvalue weighted by Crippen LogP contribution is -2.13. The van der Waals surface area contributed by atoms with E-state index < -0.39 is 0 Å². The molecule has 0 radical (unpaired) electrons. The molecule has 2 aromatic rings. The fourth-order valence-electron chi connectivity index (χ4n) is 1.82. The first-order valence-electron chi connectivity index (χ1n) is 6.55. The van der Waals surface area contributed by atoms with Crippen LogP contribution in [0.4, 0.5) is 5.82 Å². The van der Waals surface area contributed by atoms with E-state index in [-0.39, 0.29) is 5.91 Å². The topological polar surface area (TPSA) is 70.7 Å².